The Morgan fingerprint density at radius 2 is 2.00 bits per heavy atom. The summed E-state index contributed by atoms with van der Waals surface area (Å²) in [5.41, 5.74) is 4.04. The van der Waals surface area contributed by atoms with E-state index in [2.05, 4.69) is 39.0 Å². The van der Waals surface area contributed by atoms with Crippen molar-refractivity contribution in [3.63, 3.8) is 0 Å². The molecule has 1 nitrogen and oxygen atoms in total. The number of rotatable bonds is 2. The molecule has 2 rings (SSSR count). The van der Waals surface area contributed by atoms with Crippen molar-refractivity contribution in [3.8, 4) is 0 Å². The van der Waals surface area contributed by atoms with Crippen LogP contribution in [0.5, 0.6) is 0 Å². The maximum absolute atomic E-state index is 9.23. The molecule has 0 bridgehead atoms. The van der Waals surface area contributed by atoms with E-state index in [1.165, 1.54) is 24.0 Å². The van der Waals surface area contributed by atoms with Gasteiger partial charge in [0.25, 0.3) is 0 Å². The van der Waals surface area contributed by atoms with Crippen LogP contribution in [0.4, 0.5) is 0 Å². The van der Waals surface area contributed by atoms with Gasteiger partial charge in [0.2, 0.25) is 0 Å². The molecular weight excluding hydrogens is 196 g/mol. The number of hydrogen-bond acceptors (Lipinski definition) is 1. The molecule has 0 aromatic heterocycles. The Hall–Kier alpha value is -0.820. The van der Waals surface area contributed by atoms with E-state index in [9.17, 15) is 5.11 Å². The maximum Gasteiger partial charge on any atom is 0.0681 e. The van der Waals surface area contributed by atoms with Crippen molar-refractivity contribution in [2.45, 2.75) is 52.1 Å². The third-order valence-corrected chi connectivity index (χ3v) is 3.98. The zero-order valence-electron chi connectivity index (χ0n) is 10.5. The summed E-state index contributed by atoms with van der Waals surface area (Å²) in [5, 5.41) is 9.23. The van der Waals surface area contributed by atoms with Gasteiger partial charge in [0.05, 0.1) is 6.61 Å². The van der Waals surface area contributed by atoms with Crippen LogP contribution in [0.3, 0.4) is 0 Å². The molecule has 0 fully saturated rings. The minimum absolute atomic E-state index is 0.159. The first kappa shape index (κ1) is 11.7. The SMILES string of the molecule is CC1CCC(C(C)C)c2cc(CO)ccc21. The number of benzene rings is 1. The molecule has 0 heterocycles. The summed E-state index contributed by atoms with van der Waals surface area (Å²) in [7, 11) is 0. The van der Waals surface area contributed by atoms with Crippen LogP contribution < -0.4 is 0 Å². The average Bonchev–Trinajstić information content (AvgIpc) is 2.28. The van der Waals surface area contributed by atoms with Crippen molar-refractivity contribution < 1.29 is 5.11 Å². The van der Waals surface area contributed by atoms with Gasteiger partial charge in [-0.3, -0.25) is 0 Å². The van der Waals surface area contributed by atoms with Crippen LogP contribution in [0, 0.1) is 5.92 Å². The highest BCUT2D eigenvalue weighted by Crippen LogP contribution is 2.42. The molecule has 2 unspecified atom stereocenters. The van der Waals surface area contributed by atoms with Crippen LogP contribution in [0.1, 0.15) is 62.1 Å². The van der Waals surface area contributed by atoms with E-state index < -0.39 is 0 Å². The van der Waals surface area contributed by atoms with Crippen molar-refractivity contribution in [2.75, 3.05) is 0 Å². The van der Waals surface area contributed by atoms with E-state index in [1.54, 1.807) is 0 Å². The van der Waals surface area contributed by atoms with E-state index in [4.69, 9.17) is 0 Å². The first-order valence-electron chi connectivity index (χ1n) is 6.37. The highest BCUT2D eigenvalue weighted by molar-refractivity contribution is 5.38. The topological polar surface area (TPSA) is 20.2 Å². The minimum atomic E-state index is 0.159. The van der Waals surface area contributed by atoms with Gasteiger partial charge in [-0.25, -0.2) is 0 Å². The Bertz CT molecular complexity index is 368. The molecule has 1 heteroatoms. The first-order chi connectivity index (χ1) is 7.63. The lowest BCUT2D eigenvalue weighted by Gasteiger charge is -2.32. The molecule has 1 aromatic rings. The van der Waals surface area contributed by atoms with E-state index in [-0.39, 0.29) is 6.61 Å². The Kier molecular flexibility index (Phi) is 3.34. The lowest BCUT2D eigenvalue weighted by molar-refractivity contribution is 0.281. The Balaban J connectivity index is 2.45. The molecule has 1 aliphatic carbocycles. The van der Waals surface area contributed by atoms with Crippen LogP contribution in [0.15, 0.2) is 18.2 Å². The fourth-order valence-corrected chi connectivity index (χ4v) is 2.93. The third kappa shape index (κ3) is 2.01. The Morgan fingerprint density at radius 3 is 2.62 bits per heavy atom. The molecular formula is C15H22O. The standard InChI is InChI=1S/C15H22O/c1-10(2)13-6-4-11(3)14-7-5-12(9-16)8-15(13)14/h5,7-8,10-11,13,16H,4,6,9H2,1-3H3. The summed E-state index contributed by atoms with van der Waals surface area (Å²) in [6.07, 6.45) is 2.59. The minimum Gasteiger partial charge on any atom is -0.392 e. The van der Waals surface area contributed by atoms with Gasteiger partial charge in [-0.2, -0.15) is 0 Å². The van der Waals surface area contributed by atoms with Crippen molar-refractivity contribution >= 4 is 0 Å². The van der Waals surface area contributed by atoms with Gasteiger partial charge in [0, 0.05) is 0 Å². The van der Waals surface area contributed by atoms with Crippen LogP contribution in [0.2, 0.25) is 0 Å². The van der Waals surface area contributed by atoms with E-state index in [0.717, 1.165) is 5.56 Å². The summed E-state index contributed by atoms with van der Waals surface area (Å²) in [4.78, 5) is 0. The smallest absolute Gasteiger partial charge is 0.0681 e. The van der Waals surface area contributed by atoms with Crippen molar-refractivity contribution in [2.24, 2.45) is 5.92 Å². The molecule has 0 saturated heterocycles. The zero-order valence-corrected chi connectivity index (χ0v) is 10.5. The van der Waals surface area contributed by atoms with Gasteiger partial charge in [-0.1, -0.05) is 39.0 Å². The molecule has 1 N–H and O–H groups in total. The number of fused-ring (bicyclic) bond motifs is 1. The summed E-state index contributed by atoms with van der Waals surface area (Å²) >= 11 is 0. The van der Waals surface area contributed by atoms with Gasteiger partial charge in [-0.15, -0.1) is 0 Å². The molecule has 0 saturated carbocycles. The van der Waals surface area contributed by atoms with Gasteiger partial charge in [0.1, 0.15) is 0 Å². The van der Waals surface area contributed by atoms with Gasteiger partial charge < -0.3 is 5.11 Å². The predicted octanol–water partition coefficient (Wildman–Crippen LogP) is 3.82. The predicted molar refractivity (Wildman–Crippen MR) is 67.6 cm³/mol. The first-order valence-corrected chi connectivity index (χ1v) is 6.37. The maximum atomic E-state index is 9.23. The van der Waals surface area contributed by atoms with Gasteiger partial charge in [-0.05, 0) is 47.3 Å². The fourth-order valence-electron chi connectivity index (χ4n) is 2.93. The second-order valence-electron chi connectivity index (χ2n) is 5.45. The molecule has 0 radical (unpaired) electrons. The quantitative estimate of drug-likeness (QED) is 0.800. The van der Waals surface area contributed by atoms with E-state index in [0.29, 0.717) is 17.8 Å². The van der Waals surface area contributed by atoms with E-state index >= 15 is 0 Å². The second-order valence-corrected chi connectivity index (χ2v) is 5.45. The number of aliphatic hydroxyl groups excluding tert-OH is 1. The largest absolute Gasteiger partial charge is 0.392 e. The lowest BCUT2D eigenvalue weighted by Crippen LogP contribution is -2.17. The normalized spacial score (nSPS) is 24.6. The molecule has 0 spiro atoms. The van der Waals surface area contributed by atoms with Crippen LogP contribution in [-0.2, 0) is 6.61 Å². The summed E-state index contributed by atoms with van der Waals surface area (Å²) in [6, 6.07) is 6.51. The van der Waals surface area contributed by atoms with Crippen molar-refractivity contribution in [1.29, 1.82) is 0 Å². The monoisotopic (exact) mass is 218 g/mol. The second kappa shape index (κ2) is 4.58. The van der Waals surface area contributed by atoms with Crippen molar-refractivity contribution in [3.05, 3.63) is 34.9 Å². The van der Waals surface area contributed by atoms with Gasteiger partial charge in [0.15, 0.2) is 0 Å². The number of hydrogen-bond donors (Lipinski definition) is 1. The molecule has 2 atom stereocenters. The zero-order chi connectivity index (χ0) is 11.7. The van der Waals surface area contributed by atoms with Crippen LogP contribution in [0.25, 0.3) is 0 Å². The third-order valence-electron chi connectivity index (χ3n) is 3.98. The highest BCUT2D eigenvalue weighted by atomic mass is 16.3. The molecule has 1 aromatic carbocycles. The highest BCUT2D eigenvalue weighted by Gasteiger charge is 2.26. The summed E-state index contributed by atoms with van der Waals surface area (Å²) in [5.74, 6) is 2.05. The average molecular weight is 218 g/mol. The van der Waals surface area contributed by atoms with Gasteiger partial charge >= 0.3 is 0 Å². The molecule has 88 valence electrons. The lowest BCUT2D eigenvalue weighted by atomic mass is 9.73. The summed E-state index contributed by atoms with van der Waals surface area (Å²) in [6.45, 7) is 7.08. The Morgan fingerprint density at radius 1 is 1.25 bits per heavy atom. The fraction of sp³-hybridized carbons (Fsp3) is 0.600. The van der Waals surface area contributed by atoms with Crippen LogP contribution in [-0.4, -0.2) is 5.11 Å². The van der Waals surface area contributed by atoms with E-state index in [1.807, 2.05) is 0 Å². The molecule has 0 amide bonds. The van der Waals surface area contributed by atoms with Crippen molar-refractivity contribution in [1.82, 2.24) is 0 Å². The summed E-state index contributed by atoms with van der Waals surface area (Å²) < 4.78 is 0. The Labute approximate surface area is 98.5 Å². The number of aliphatic hydroxyl groups is 1. The molecule has 16 heavy (non-hydrogen) atoms. The molecule has 0 aliphatic heterocycles. The molecule has 1 aliphatic rings. The van der Waals surface area contributed by atoms with Crippen LogP contribution >= 0.6 is 0 Å².